The monoisotopic (exact) mass is 1080 g/mol. The smallest absolute Gasteiger partial charge is 0.410 e. The van der Waals surface area contributed by atoms with Crippen LogP contribution in [0.5, 0.6) is 0 Å². The van der Waals surface area contributed by atoms with Gasteiger partial charge in [-0.05, 0) is 70.7 Å². The summed E-state index contributed by atoms with van der Waals surface area (Å²) in [5, 5.41) is 0. The molecule has 0 aromatic carbocycles. The van der Waals surface area contributed by atoms with Gasteiger partial charge in [-0.15, -0.1) is 0 Å². The van der Waals surface area contributed by atoms with E-state index in [0.29, 0.717) is 38.5 Å². The Bertz CT molecular complexity index is 1460. The summed E-state index contributed by atoms with van der Waals surface area (Å²) < 4.78 is 40.5. The lowest BCUT2D eigenvalue weighted by Crippen LogP contribution is -2.43. The number of hydrogen-bond donors (Lipinski definition) is 0. The van der Waals surface area contributed by atoms with E-state index >= 15 is 0 Å². The van der Waals surface area contributed by atoms with Crippen LogP contribution in [0.3, 0.4) is 0 Å². The SMILES string of the molecule is CCCCCCCCC(=O)OCC(COC(=O)CCCCCCCC)CC(=O)O[C@@H]1C=C[C@H](OC(=O)CC(COC(=O)CCCCCCCC)COC(=O)CCCCCCCC)CN(C(=O)OC2CCCN(C)CC2)C1. The first-order valence-electron chi connectivity index (χ1n) is 30.2. The molecule has 2 rings (SSSR count). The summed E-state index contributed by atoms with van der Waals surface area (Å²) in [6.45, 7) is 9.50. The minimum atomic E-state index is -0.972. The highest BCUT2D eigenvalue weighted by atomic mass is 16.6. The Balaban J connectivity index is 2.21. The molecule has 0 spiro atoms. The molecule has 2 heterocycles. The van der Waals surface area contributed by atoms with Crippen molar-refractivity contribution in [1.29, 1.82) is 0 Å². The maximum absolute atomic E-state index is 14.0. The molecule has 1 unspecified atom stereocenters. The van der Waals surface area contributed by atoms with Crippen molar-refractivity contribution in [1.82, 2.24) is 9.80 Å². The molecule has 0 aromatic heterocycles. The first-order chi connectivity index (χ1) is 36.8. The van der Waals surface area contributed by atoms with Crippen LogP contribution in [0.1, 0.15) is 240 Å². The summed E-state index contributed by atoms with van der Waals surface area (Å²) in [6.07, 6.45) is 27.3. The van der Waals surface area contributed by atoms with Gasteiger partial charge < -0.3 is 43.0 Å². The Morgan fingerprint density at radius 3 is 1.09 bits per heavy atom. The van der Waals surface area contributed by atoms with Crippen molar-refractivity contribution in [2.45, 2.75) is 258 Å². The number of unbranched alkanes of at least 4 members (excludes halogenated alkanes) is 20. The van der Waals surface area contributed by atoms with Gasteiger partial charge in [0.25, 0.3) is 0 Å². The highest BCUT2D eigenvalue weighted by Gasteiger charge is 2.32. The number of ether oxygens (including phenoxy) is 7. The molecule has 16 heteroatoms. The number of esters is 6. The van der Waals surface area contributed by atoms with Gasteiger partial charge in [0.15, 0.2) is 0 Å². The van der Waals surface area contributed by atoms with E-state index in [-0.39, 0.29) is 108 Å². The third-order valence-electron chi connectivity index (χ3n) is 14.1. The van der Waals surface area contributed by atoms with E-state index in [2.05, 4.69) is 32.6 Å². The molecule has 0 N–H and O–H groups in total. The van der Waals surface area contributed by atoms with Crippen molar-refractivity contribution in [2.24, 2.45) is 11.8 Å². The van der Waals surface area contributed by atoms with Crippen LogP contribution in [-0.4, -0.2) is 130 Å². The number of hydrogen-bond acceptors (Lipinski definition) is 15. The average molecular weight is 1080 g/mol. The number of likely N-dealkylation sites (tertiary alicyclic amines) is 1. The molecule has 1 amide bonds. The second-order valence-corrected chi connectivity index (χ2v) is 21.5. The first kappa shape index (κ1) is 67.9. The van der Waals surface area contributed by atoms with E-state index in [4.69, 9.17) is 33.2 Å². The van der Waals surface area contributed by atoms with Crippen LogP contribution in [0.4, 0.5) is 4.79 Å². The maximum Gasteiger partial charge on any atom is 0.410 e. The predicted octanol–water partition coefficient (Wildman–Crippen LogP) is 12.5. The summed E-state index contributed by atoms with van der Waals surface area (Å²) in [5.74, 6) is -4.19. The van der Waals surface area contributed by atoms with Gasteiger partial charge in [0.1, 0.15) is 18.3 Å². The molecule has 0 saturated carbocycles. The summed E-state index contributed by atoms with van der Waals surface area (Å²) in [4.78, 5) is 96.2. The number of amides is 1. The number of rotatable bonds is 43. The van der Waals surface area contributed by atoms with Crippen LogP contribution in [0.25, 0.3) is 0 Å². The number of carbonyl (C=O) groups is 7. The van der Waals surface area contributed by atoms with Gasteiger partial charge in [0, 0.05) is 44.1 Å². The zero-order chi connectivity index (χ0) is 55.4. The Morgan fingerprint density at radius 2 is 0.750 bits per heavy atom. The Labute approximate surface area is 458 Å². The molecule has 0 aliphatic carbocycles. The fourth-order valence-corrected chi connectivity index (χ4v) is 9.29. The average Bonchev–Trinajstić information content (AvgIpc) is 3.73. The van der Waals surface area contributed by atoms with Crippen LogP contribution in [0.2, 0.25) is 0 Å². The van der Waals surface area contributed by atoms with Crippen molar-refractivity contribution < 1.29 is 66.7 Å². The van der Waals surface area contributed by atoms with Crippen molar-refractivity contribution >= 4 is 41.9 Å². The molecule has 16 nitrogen and oxygen atoms in total. The van der Waals surface area contributed by atoms with Crippen LogP contribution >= 0.6 is 0 Å². The zero-order valence-electron chi connectivity index (χ0n) is 48.1. The molecule has 1 fully saturated rings. The quantitative estimate of drug-likeness (QED) is 0.0242. The zero-order valence-corrected chi connectivity index (χ0v) is 48.1. The highest BCUT2D eigenvalue weighted by molar-refractivity contribution is 5.73. The molecule has 0 radical (unpaired) electrons. The van der Waals surface area contributed by atoms with E-state index < -0.39 is 42.1 Å². The van der Waals surface area contributed by atoms with Gasteiger partial charge in [0.2, 0.25) is 0 Å². The second kappa shape index (κ2) is 44.7. The molecule has 1 saturated heterocycles. The fraction of sp³-hybridized carbons (Fsp3) is 0.850. The van der Waals surface area contributed by atoms with Gasteiger partial charge in [-0.2, -0.15) is 0 Å². The Kier molecular flexibility index (Phi) is 40.0. The number of nitrogens with zero attached hydrogens (tertiary/aromatic N) is 2. The molecular formula is C60H104N2O14. The molecule has 0 aromatic rings. The molecule has 438 valence electrons. The van der Waals surface area contributed by atoms with E-state index in [1.165, 1.54) is 4.90 Å². The predicted molar refractivity (Wildman–Crippen MR) is 294 cm³/mol. The van der Waals surface area contributed by atoms with Gasteiger partial charge in [0.05, 0.1) is 52.4 Å². The van der Waals surface area contributed by atoms with Gasteiger partial charge in [-0.3, -0.25) is 28.8 Å². The largest absolute Gasteiger partial charge is 0.465 e. The lowest BCUT2D eigenvalue weighted by molar-refractivity contribution is -0.157. The maximum atomic E-state index is 14.0. The van der Waals surface area contributed by atoms with Crippen molar-refractivity contribution in [2.75, 3.05) is 59.7 Å². The fourth-order valence-electron chi connectivity index (χ4n) is 9.29. The third kappa shape index (κ3) is 36.0. The Morgan fingerprint density at radius 1 is 0.421 bits per heavy atom. The lowest BCUT2D eigenvalue weighted by atomic mass is 10.1. The van der Waals surface area contributed by atoms with Crippen molar-refractivity contribution in [3.8, 4) is 0 Å². The summed E-state index contributed by atoms with van der Waals surface area (Å²) in [5.41, 5.74) is 0. The van der Waals surface area contributed by atoms with Gasteiger partial charge in [-0.25, -0.2) is 4.79 Å². The minimum Gasteiger partial charge on any atom is -0.465 e. The van der Waals surface area contributed by atoms with Crippen LogP contribution in [0.15, 0.2) is 12.2 Å². The highest BCUT2D eigenvalue weighted by Crippen LogP contribution is 2.21. The lowest BCUT2D eigenvalue weighted by Gasteiger charge is -2.28. The van der Waals surface area contributed by atoms with Crippen molar-refractivity contribution in [3.05, 3.63) is 12.2 Å². The standard InChI is InChI=1S/C60H104N2O14/c1-6-10-14-18-22-26-32-54(63)70-45-49(46-71-55(64)33-27-23-19-15-11-7-2)41-58(67)74-52-36-37-53(44-62(43-52)60(69)76-51-31-30-39-61(5)40-38-51)75-59(68)42-50(47-72-56(65)34-28-24-20-16-12-8-3)48-73-57(66)35-29-25-21-17-13-9-4/h36-37,49-53H,6-35,38-48H2,1-5H3/t51?,52-,53+. The molecule has 0 bridgehead atoms. The summed E-state index contributed by atoms with van der Waals surface area (Å²) >= 11 is 0. The third-order valence-corrected chi connectivity index (χ3v) is 14.1. The molecule has 2 aliphatic heterocycles. The Hall–Kier alpha value is -4.21. The minimum absolute atomic E-state index is 0.0986. The summed E-state index contributed by atoms with van der Waals surface area (Å²) in [6, 6.07) is 0. The van der Waals surface area contributed by atoms with Crippen LogP contribution < -0.4 is 0 Å². The van der Waals surface area contributed by atoms with E-state index in [0.717, 1.165) is 148 Å². The van der Waals surface area contributed by atoms with Crippen molar-refractivity contribution in [3.63, 3.8) is 0 Å². The first-order valence-corrected chi connectivity index (χ1v) is 30.2. The molecular weight excluding hydrogens is 973 g/mol. The normalized spacial score (nSPS) is 16.9. The number of carbonyl (C=O) groups excluding carboxylic acids is 7. The molecule has 2 aliphatic rings. The van der Waals surface area contributed by atoms with E-state index in [9.17, 15) is 33.6 Å². The van der Waals surface area contributed by atoms with Gasteiger partial charge in [-0.1, -0.05) is 156 Å². The van der Waals surface area contributed by atoms with Crippen LogP contribution in [0, 0.1) is 11.8 Å². The molecule has 76 heavy (non-hydrogen) atoms. The summed E-state index contributed by atoms with van der Waals surface area (Å²) in [7, 11) is 2.03. The van der Waals surface area contributed by atoms with Gasteiger partial charge >= 0.3 is 41.9 Å². The van der Waals surface area contributed by atoms with Crippen LogP contribution in [-0.2, 0) is 61.9 Å². The second-order valence-electron chi connectivity index (χ2n) is 21.5. The van der Waals surface area contributed by atoms with E-state index in [1.54, 1.807) is 12.2 Å². The molecule has 3 atom stereocenters. The topological polar surface area (TPSA) is 191 Å². The van der Waals surface area contributed by atoms with E-state index in [1.807, 2.05) is 7.05 Å².